The Hall–Kier alpha value is -0.710. The van der Waals surface area contributed by atoms with Gasteiger partial charge in [-0.3, -0.25) is 0 Å². The van der Waals surface area contributed by atoms with Gasteiger partial charge in [-0.05, 0) is 36.8 Å². The number of hydrogen-bond acceptors (Lipinski definition) is 4. The molecule has 1 saturated carbocycles. The summed E-state index contributed by atoms with van der Waals surface area (Å²) < 4.78 is 5.58. The second-order valence-electron chi connectivity index (χ2n) is 5.16. The van der Waals surface area contributed by atoms with Crippen LogP contribution in [0.3, 0.4) is 0 Å². The average molecular weight is 281 g/mol. The topological polar surface area (TPSA) is 41.5 Å². The first-order valence-corrected chi connectivity index (χ1v) is 7.99. The summed E-state index contributed by atoms with van der Waals surface area (Å²) in [5.41, 5.74) is 0.902. The standard InChI is InChI=1S/C15H23NO2S/c1-18-13-6-3-5-12(9-13)14(17)10-16-11-15(19-2)7-4-8-15/h3,5-6,9,14,16-17H,4,7-8,10-11H2,1-2H3. The maximum atomic E-state index is 10.2. The molecule has 0 spiro atoms. The van der Waals surface area contributed by atoms with Crippen LogP contribution in [0.4, 0.5) is 0 Å². The molecule has 0 amide bonds. The SMILES string of the molecule is COc1cccc(C(O)CNCC2(SC)CCC2)c1. The zero-order valence-corrected chi connectivity index (χ0v) is 12.5. The van der Waals surface area contributed by atoms with Crippen molar-refractivity contribution in [2.24, 2.45) is 0 Å². The van der Waals surface area contributed by atoms with Crippen LogP contribution < -0.4 is 10.1 Å². The summed E-state index contributed by atoms with van der Waals surface area (Å²) in [4.78, 5) is 0. The van der Waals surface area contributed by atoms with Gasteiger partial charge in [0, 0.05) is 17.8 Å². The molecule has 1 aromatic rings. The number of nitrogens with one attached hydrogen (secondary N) is 1. The fraction of sp³-hybridized carbons (Fsp3) is 0.600. The Balaban J connectivity index is 1.81. The highest BCUT2D eigenvalue weighted by atomic mass is 32.2. The lowest BCUT2D eigenvalue weighted by molar-refractivity contribution is 0.170. The predicted molar refractivity (Wildman–Crippen MR) is 80.9 cm³/mol. The van der Waals surface area contributed by atoms with Crippen molar-refractivity contribution in [1.82, 2.24) is 5.32 Å². The molecular weight excluding hydrogens is 258 g/mol. The Morgan fingerprint density at radius 1 is 1.47 bits per heavy atom. The summed E-state index contributed by atoms with van der Waals surface area (Å²) in [6, 6.07) is 7.62. The van der Waals surface area contributed by atoms with E-state index in [1.54, 1.807) is 7.11 Å². The smallest absolute Gasteiger partial charge is 0.119 e. The molecule has 3 nitrogen and oxygen atoms in total. The van der Waals surface area contributed by atoms with E-state index in [1.807, 2.05) is 36.0 Å². The van der Waals surface area contributed by atoms with Gasteiger partial charge in [0.25, 0.3) is 0 Å². The highest BCUT2D eigenvalue weighted by Gasteiger charge is 2.35. The Bertz CT molecular complexity index is 401. The van der Waals surface area contributed by atoms with E-state index in [-0.39, 0.29) is 0 Å². The molecule has 1 fully saturated rings. The van der Waals surface area contributed by atoms with Gasteiger partial charge in [0.15, 0.2) is 0 Å². The van der Waals surface area contributed by atoms with Crippen LogP contribution >= 0.6 is 11.8 Å². The second kappa shape index (κ2) is 6.64. The zero-order chi connectivity index (χ0) is 13.7. The molecule has 1 aliphatic rings. The van der Waals surface area contributed by atoms with Crippen LogP contribution in [0, 0.1) is 0 Å². The van der Waals surface area contributed by atoms with Gasteiger partial charge >= 0.3 is 0 Å². The molecule has 1 atom stereocenters. The van der Waals surface area contributed by atoms with E-state index < -0.39 is 6.10 Å². The normalized spacial score (nSPS) is 18.7. The van der Waals surface area contributed by atoms with Crippen molar-refractivity contribution >= 4 is 11.8 Å². The minimum Gasteiger partial charge on any atom is -0.497 e. The lowest BCUT2D eigenvalue weighted by atomic mass is 9.84. The number of benzene rings is 1. The van der Waals surface area contributed by atoms with Crippen molar-refractivity contribution in [1.29, 1.82) is 0 Å². The molecule has 0 bridgehead atoms. The van der Waals surface area contributed by atoms with E-state index in [4.69, 9.17) is 4.74 Å². The summed E-state index contributed by atoms with van der Waals surface area (Å²) >= 11 is 1.95. The van der Waals surface area contributed by atoms with Crippen molar-refractivity contribution in [3.63, 3.8) is 0 Å². The first-order chi connectivity index (χ1) is 9.19. The van der Waals surface area contributed by atoms with Crippen LogP contribution in [0.5, 0.6) is 5.75 Å². The van der Waals surface area contributed by atoms with E-state index >= 15 is 0 Å². The van der Waals surface area contributed by atoms with Crippen LogP contribution in [-0.4, -0.2) is 36.3 Å². The van der Waals surface area contributed by atoms with Crippen LogP contribution in [0.15, 0.2) is 24.3 Å². The Morgan fingerprint density at radius 3 is 2.84 bits per heavy atom. The van der Waals surface area contributed by atoms with Gasteiger partial charge in [-0.1, -0.05) is 18.6 Å². The lowest BCUT2D eigenvalue weighted by Crippen LogP contribution is -2.44. The van der Waals surface area contributed by atoms with Crippen LogP contribution in [0.2, 0.25) is 0 Å². The summed E-state index contributed by atoms with van der Waals surface area (Å²) in [7, 11) is 1.64. The highest BCUT2D eigenvalue weighted by molar-refractivity contribution is 8.00. The number of methoxy groups -OCH3 is 1. The minimum absolute atomic E-state index is 0.411. The van der Waals surface area contributed by atoms with Crippen molar-refractivity contribution in [3.05, 3.63) is 29.8 Å². The third kappa shape index (κ3) is 3.65. The van der Waals surface area contributed by atoms with Crippen molar-refractivity contribution in [3.8, 4) is 5.75 Å². The predicted octanol–water partition coefficient (Wildman–Crippen LogP) is 2.60. The first-order valence-electron chi connectivity index (χ1n) is 6.77. The summed E-state index contributed by atoms with van der Waals surface area (Å²) in [6.45, 7) is 1.57. The Kier molecular flexibility index (Phi) is 5.13. The van der Waals surface area contributed by atoms with Crippen molar-refractivity contribution < 1.29 is 9.84 Å². The number of aliphatic hydroxyl groups is 1. The van der Waals surface area contributed by atoms with Crippen LogP contribution in [0.25, 0.3) is 0 Å². The molecule has 0 aromatic heterocycles. The van der Waals surface area contributed by atoms with E-state index in [9.17, 15) is 5.11 Å². The van der Waals surface area contributed by atoms with E-state index in [0.717, 1.165) is 17.9 Å². The molecule has 2 rings (SSSR count). The molecule has 0 saturated heterocycles. The minimum atomic E-state index is -0.478. The van der Waals surface area contributed by atoms with Gasteiger partial charge in [-0.2, -0.15) is 11.8 Å². The van der Waals surface area contributed by atoms with E-state index in [0.29, 0.717) is 11.3 Å². The van der Waals surface area contributed by atoms with Gasteiger partial charge in [0.2, 0.25) is 0 Å². The molecule has 0 aliphatic heterocycles. The second-order valence-corrected chi connectivity index (χ2v) is 6.44. The quantitative estimate of drug-likeness (QED) is 0.806. The number of aliphatic hydroxyl groups excluding tert-OH is 1. The summed E-state index contributed by atoms with van der Waals surface area (Å²) in [5, 5.41) is 13.6. The molecule has 2 N–H and O–H groups in total. The van der Waals surface area contributed by atoms with Gasteiger partial charge in [-0.15, -0.1) is 0 Å². The molecule has 19 heavy (non-hydrogen) atoms. The maximum Gasteiger partial charge on any atom is 0.119 e. The van der Waals surface area contributed by atoms with E-state index in [2.05, 4.69) is 11.6 Å². The lowest BCUT2D eigenvalue weighted by Gasteiger charge is -2.40. The van der Waals surface area contributed by atoms with Gasteiger partial charge in [-0.25, -0.2) is 0 Å². The molecule has 1 aromatic carbocycles. The van der Waals surface area contributed by atoms with Crippen LogP contribution in [0.1, 0.15) is 30.9 Å². The summed E-state index contributed by atoms with van der Waals surface area (Å²) in [5.74, 6) is 0.788. The average Bonchev–Trinajstić information content (AvgIpc) is 2.41. The zero-order valence-electron chi connectivity index (χ0n) is 11.7. The molecule has 1 aliphatic carbocycles. The third-order valence-electron chi connectivity index (χ3n) is 3.96. The molecule has 0 radical (unpaired) electrons. The Labute approximate surface area is 119 Å². The Morgan fingerprint density at radius 2 is 2.26 bits per heavy atom. The highest BCUT2D eigenvalue weighted by Crippen LogP contribution is 2.42. The van der Waals surface area contributed by atoms with E-state index in [1.165, 1.54) is 19.3 Å². The molecule has 1 unspecified atom stereocenters. The molecular formula is C15H23NO2S. The van der Waals surface area contributed by atoms with Gasteiger partial charge in [0.05, 0.1) is 13.2 Å². The molecule has 106 valence electrons. The molecule has 4 heteroatoms. The van der Waals surface area contributed by atoms with Gasteiger partial charge < -0.3 is 15.2 Å². The van der Waals surface area contributed by atoms with Crippen molar-refractivity contribution in [2.45, 2.75) is 30.1 Å². The third-order valence-corrected chi connectivity index (χ3v) is 5.38. The largest absolute Gasteiger partial charge is 0.497 e. The molecule has 0 heterocycles. The van der Waals surface area contributed by atoms with Crippen molar-refractivity contribution in [2.75, 3.05) is 26.5 Å². The number of ether oxygens (including phenoxy) is 1. The number of hydrogen-bond donors (Lipinski definition) is 2. The first kappa shape index (κ1) is 14.7. The fourth-order valence-electron chi connectivity index (χ4n) is 2.43. The number of thioether (sulfide) groups is 1. The van der Waals surface area contributed by atoms with Crippen LogP contribution in [-0.2, 0) is 0 Å². The monoisotopic (exact) mass is 281 g/mol. The maximum absolute atomic E-state index is 10.2. The summed E-state index contributed by atoms with van der Waals surface area (Å²) in [6.07, 6.45) is 5.61. The fourth-order valence-corrected chi connectivity index (χ4v) is 3.37. The number of rotatable bonds is 7. The van der Waals surface area contributed by atoms with Gasteiger partial charge in [0.1, 0.15) is 5.75 Å².